The minimum absolute atomic E-state index is 0.102. The molecule has 0 unspecified atom stereocenters. The van der Waals surface area contributed by atoms with Crippen molar-refractivity contribution in [1.82, 2.24) is 4.98 Å². The van der Waals surface area contributed by atoms with E-state index >= 15 is 0 Å². The predicted molar refractivity (Wildman–Crippen MR) is 159 cm³/mol. The first-order valence-corrected chi connectivity index (χ1v) is 14.3. The largest absolute Gasteiger partial charge is 0.497 e. The van der Waals surface area contributed by atoms with Crippen molar-refractivity contribution >= 4 is 16.6 Å². The highest BCUT2D eigenvalue weighted by Gasteiger charge is 2.55. The van der Waals surface area contributed by atoms with Crippen LogP contribution in [0.5, 0.6) is 5.75 Å². The summed E-state index contributed by atoms with van der Waals surface area (Å²) in [5.74, 6) is 1.65. The number of nitro groups is 1. The van der Waals surface area contributed by atoms with Gasteiger partial charge in [-0.1, -0.05) is 48.5 Å². The van der Waals surface area contributed by atoms with E-state index in [9.17, 15) is 10.1 Å². The van der Waals surface area contributed by atoms with Gasteiger partial charge in [0, 0.05) is 36.4 Å². The van der Waals surface area contributed by atoms with Crippen molar-refractivity contribution in [2.24, 2.45) is 11.8 Å². The summed E-state index contributed by atoms with van der Waals surface area (Å²) in [5.41, 5.74) is 4.04. The Balaban J connectivity index is 1.48. The van der Waals surface area contributed by atoms with Gasteiger partial charge in [0.2, 0.25) is 0 Å². The lowest BCUT2D eigenvalue weighted by Crippen LogP contribution is -2.67. The van der Waals surface area contributed by atoms with Gasteiger partial charge in [-0.2, -0.15) is 0 Å². The molecule has 210 valence electrons. The lowest BCUT2D eigenvalue weighted by atomic mass is 9.71. The number of para-hydroxylation sites is 1. The van der Waals surface area contributed by atoms with E-state index in [2.05, 4.69) is 35.8 Å². The predicted octanol–water partition coefficient (Wildman–Crippen LogP) is 7.02. The number of nitrogens with zero attached hydrogens (tertiary/aromatic N) is 3. The number of benzene rings is 3. The molecule has 4 heterocycles. The van der Waals surface area contributed by atoms with Crippen LogP contribution in [0.3, 0.4) is 0 Å². The Labute approximate surface area is 240 Å². The van der Waals surface area contributed by atoms with Crippen LogP contribution in [0.4, 0.5) is 5.69 Å². The van der Waals surface area contributed by atoms with Crippen LogP contribution in [0, 0.1) is 22.0 Å². The van der Waals surface area contributed by atoms with Gasteiger partial charge in [-0.05, 0) is 47.4 Å². The molecule has 1 aromatic heterocycles. The second-order valence-electron chi connectivity index (χ2n) is 11.4. The molecule has 3 aliphatic heterocycles. The lowest BCUT2D eigenvalue weighted by molar-refractivity contribution is -0.985. The van der Waals surface area contributed by atoms with Crippen LogP contribution in [0.25, 0.3) is 10.9 Å². The second kappa shape index (κ2) is 11.4. The molecule has 7 rings (SSSR count). The summed E-state index contributed by atoms with van der Waals surface area (Å²) in [6.45, 7) is 7.07. The van der Waals surface area contributed by atoms with E-state index in [0.717, 1.165) is 63.8 Å². The number of piperidine rings is 3. The highest BCUT2D eigenvalue weighted by Crippen LogP contribution is 2.49. The van der Waals surface area contributed by atoms with Gasteiger partial charge in [-0.15, -0.1) is 6.58 Å². The molecule has 3 fully saturated rings. The maximum atomic E-state index is 12.0. The molecule has 0 saturated carbocycles. The highest BCUT2D eigenvalue weighted by atomic mass is 16.6. The summed E-state index contributed by atoms with van der Waals surface area (Å²) in [7, 11) is 1.68. The Hall–Kier alpha value is -4.07. The number of pyridine rings is 1. The van der Waals surface area contributed by atoms with Crippen LogP contribution < -0.4 is 4.74 Å². The zero-order valence-electron chi connectivity index (χ0n) is 23.4. The number of fused-ring (bicyclic) bond motifs is 4. The van der Waals surface area contributed by atoms with Crippen LogP contribution >= 0.6 is 0 Å². The van der Waals surface area contributed by atoms with E-state index < -0.39 is 0 Å². The molecule has 0 amide bonds. The number of quaternary nitrogens is 1. The SMILES string of the molecule is C=C[C@H]1C[N@+]2(Cc3ccccc3[N+](=O)[O-])CC[C@H]1C[C@H]2[C@H](OCc1ccccc1)c1ccnc2ccc(OC)cc12. The molecule has 5 atom stereocenters. The topological polar surface area (TPSA) is 74.5 Å². The third-order valence-corrected chi connectivity index (χ3v) is 9.26. The lowest BCUT2D eigenvalue weighted by Gasteiger charge is -2.58. The monoisotopic (exact) mass is 550 g/mol. The van der Waals surface area contributed by atoms with E-state index in [1.165, 1.54) is 0 Å². The van der Waals surface area contributed by atoms with Gasteiger partial charge in [-0.3, -0.25) is 15.1 Å². The molecule has 3 saturated heterocycles. The Morgan fingerprint density at radius 2 is 1.93 bits per heavy atom. The number of ether oxygens (including phenoxy) is 2. The summed E-state index contributed by atoms with van der Waals surface area (Å²) in [4.78, 5) is 16.4. The van der Waals surface area contributed by atoms with Gasteiger partial charge < -0.3 is 14.0 Å². The van der Waals surface area contributed by atoms with Gasteiger partial charge in [0.25, 0.3) is 5.69 Å². The summed E-state index contributed by atoms with van der Waals surface area (Å²) >= 11 is 0. The van der Waals surface area contributed by atoms with Gasteiger partial charge >= 0.3 is 0 Å². The first kappa shape index (κ1) is 27.1. The van der Waals surface area contributed by atoms with E-state index in [4.69, 9.17) is 9.47 Å². The fourth-order valence-corrected chi connectivity index (χ4v) is 7.22. The quantitative estimate of drug-likeness (QED) is 0.0918. The molecule has 41 heavy (non-hydrogen) atoms. The Bertz CT molecular complexity index is 1560. The molecule has 3 aromatic carbocycles. The normalized spacial score (nSPS) is 24.2. The van der Waals surface area contributed by atoms with Crippen LogP contribution in [-0.2, 0) is 17.9 Å². The summed E-state index contributed by atoms with van der Waals surface area (Å²) in [6, 6.07) is 25.6. The summed E-state index contributed by atoms with van der Waals surface area (Å²) in [6.07, 6.45) is 5.75. The Kier molecular flexibility index (Phi) is 7.56. The van der Waals surface area contributed by atoms with Gasteiger partial charge in [0.1, 0.15) is 24.4 Å². The Morgan fingerprint density at radius 3 is 2.71 bits per heavy atom. The summed E-state index contributed by atoms with van der Waals surface area (Å²) in [5, 5.41) is 13.0. The van der Waals surface area contributed by atoms with Crippen molar-refractivity contribution in [2.75, 3.05) is 20.2 Å². The molecular weight excluding hydrogens is 514 g/mol. The third-order valence-electron chi connectivity index (χ3n) is 9.26. The number of aromatic nitrogens is 1. The average molecular weight is 551 g/mol. The molecule has 0 aliphatic carbocycles. The summed E-state index contributed by atoms with van der Waals surface area (Å²) < 4.78 is 13.3. The molecule has 7 heteroatoms. The van der Waals surface area contributed by atoms with Crippen LogP contribution in [0.1, 0.15) is 35.6 Å². The highest BCUT2D eigenvalue weighted by molar-refractivity contribution is 5.84. The number of hydrogen-bond acceptors (Lipinski definition) is 5. The van der Waals surface area contributed by atoms with Gasteiger partial charge in [-0.25, -0.2) is 0 Å². The molecule has 0 spiro atoms. The van der Waals surface area contributed by atoms with Crippen molar-refractivity contribution in [3.8, 4) is 5.75 Å². The molecule has 7 nitrogen and oxygen atoms in total. The average Bonchev–Trinajstić information content (AvgIpc) is 3.02. The Morgan fingerprint density at radius 1 is 1.12 bits per heavy atom. The fraction of sp³-hybridized carbons (Fsp3) is 0.324. The number of hydrogen-bond donors (Lipinski definition) is 0. The van der Waals surface area contributed by atoms with Crippen molar-refractivity contribution < 1.29 is 18.9 Å². The minimum Gasteiger partial charge on any atom is -0.497 e. The first-order valence-electron chi connectivity index (χ1n) is 14.3. The number of methoxy groups -OCH3 is 1. The van der Waals surface area contributed by atoms with Crippen molar-refractivity contribution in [3.63, 3.8) is 0 Å². The molecular formula is C34H36N3O4+. The van der Waals surface area contributed by atoms with Crippen LogP contribution in [0.2, 0.25) is 0 Å². The first-order chi connectivity index (χ1) is 20.0. The van der Waals surface area contributed by atoms with Crippen molar-refractivity contribution in [1.29, 1.82) is 0 Å². The van der Waals surface area contributed by atoms with Crippen LogP contribution in [-0.4, -0.2) is 40.6 Å². The van der Waals surface area contributed by atoms with Gasteiger partial charge in [0.15, 0.2) is 0 Å². The molecule has 4 aromatic rings. The maximum Gasteiger partial charge on any atom is 0.278 e. The zero-order valence-corrected chi connectivity index (χ0v) is 23.4. The maximum absolute atomic E-state index is 12.0. The smallest absolute Gasteiger partial charge is 0.278 e. The second-order valence-corrected chi connectivity index (χ2v) is 11.4. The minimum atomic E-state index is -0.254. The van der Waals surface area contributed by atoms with E-state index in [1.807, 2.05) is 54.7 Å². The van der Waals surface area contributed by atoms with Crippen molar-refractivity contribution in [3.05, 3.63) is 125 Å². The molecule has 2 bridgehead atoms. The van der Waals surface area contributed by atoms with E-state index in [0.29, 0.717) is 25.0 Å². The molecule has 3 aliphatic rings. The van der Waals surface area contributed by atoms with E-state index in [1.54, 1.807) is 19.2 Å². The fourth-order valence-electron chi connectivity index (χ4n) is 7.22. The standard InChI is InChI=1S/C34H36N3O4/c1-3-25-21-37(22-27-11-7-8-12-32(27)36(38)39)18-16-26(25)19-33(37)34(41-23-24-9-5-4-6-10-24)29-15-17-35-31-14-13-28(40-2)20-30(29)31/h3-15,17,20,25-26,33-34H,1,16,18-19,21-23H2,2H3/q+1/t25-,26-,33-,34+,37-/m0/s1. The molecule has 0 N–H and O–H groups in total. The van der Waals surface area contributed by atoms with E-state index in [-0.39, 0.29) is 22.8 Å². The van der Waals surface area contributed by atoms with Crippen LogP contribution in [0.15, 0.2) is 97.7 Å². The number of nitro benzene ring substituents is 1. The van der Waals surface area contributed by atoms with Gasteiger partial charge in [0.05, 0.1) is 42.8 Å². The number of rotatable bonds is 10. The third kappa shape index (κ3) is 5.23. The zero-order chi connectivity index (χ0) is 28.4. The molecule has 0 radical (unpaired) electrons. The van der Waals surface area contributed by atoms with Crippen molar-refractivity contribution in [2.45, 2.75) is 38.1 Å².